The molecule has 2 saturated heterocycles. The SMILES string of the molecule is CCCCC(=O)N1CSCC1C(=O)NCCC1CCNC1.Cl. The Balaban J connectivity index is 0.00000242. The van der Waals surface area contributed by atoms with Crippen molar-refractivity contribution in [2.24, 2.45) is 5.92 Å². The van der Waals surface area contributed by atoms with Crippen molar-refractivity contribution in [2.45, 2.75) is 45.1 Å². The summed E-state index contributed by atoms with van der Waals surface area (Å²) in [6, 6.07) is -0.263. The van der Waals surface area contributed by atoms with Gasteiger partial charge >= 0.3 is 0 Å². The van der Waals surface area contributed by atoms with Crippen LogP contribution in [0, 0.1) is 5.92 Å². The van der Waals surface area contributed by atoms with Crippen LogP contribution in [0.25, 0.3) is 0 Å². The zero-order chi connectivity index (χ0) is 15.1. The second-order valence-corrected chi connectivity index (χ2v) is 6.92. The molecule has 0 aromatic carbocycles. The third kappa shape index (κ3) is 5.63. The smallest absolute Gasteiger partial charge is 0.243 e. The van der Waals surface area contributed by atoms with Gasteiger partial charge in [0.05, 0.1) is 5.88 Å². The van der Waals surface area contributed by atoms with Crippen LogP contribution in [0.2, 0.25) is 0 Å². The van der Waals surface area contributed by atoms with E-state index >= 15 is 0 Å². The van der Waals surface area contributed by atoms with E-state index in [1.807, 2.05) is 0 Å². The fourth-order valence-electron chi connectivity index (χ4n) is 2.86. The van der Waals surface area contributed by atoms with Gasteiger partial charge in [-0.1, -0.05) is 13.3 Å². The zero-order valence-electron chi connectivity index (χ0n) is 13.3. The van der Waals surface area contributed by atoms with E-state index in [9.17, 15) is 9.59 Å². The highest BCUT2D eigenvalue weighted by Gasteiger charge is 2.34. The number of rotatable bonds is 7. The van der Waals surface area contributed by atoms with Crippen LogP contribution < -0.4 is 10.6 Å². The Labute approximate surface area is 143 Å². The number of unbranched alkanes of at least 4 members (excludes halogenated alkanes) is 1. The molecule has 5 nitrogen and oxygen atoms in total. The minimum Gasteiger partial charge on any atom is -0.354 e. The van der Waals surface area contributed by atoms with Crippen molar-refractivity contribution in [3.05, 3.63) is 0 Å². The molecule has 0 spiro atoms. The van der Waals surface area contributed by atoms with Crippen molar-refractivity contribution in [3.8, 4) is 0 Å². The largest absolute Gasteiger partial charge is 0.354 e. The number of carbonyl (C=O) groups excluding carboxylic acids is 2. The summed E-state index contributed by atoms with van der Waals surface area (Å²) in [5.41, 5.74) is 0. The Bertz CT molecular complexity index is 365. The average Bonchev–Trinajstić information content (AvgIpc) is 3.15. The highest BCUT2D eigenvalue weighted by Crippen LogP contribution is 2.22. The lowest BCUT2D eigenvalue weighted by Gasteiger charge is -2.23. The van der Waals surface area contributed by atoms with Gasteiger partial charge in [0.25, 0.3) is 0 Å². The van der Waals surface area contributed by atoms with Crippen LogP contribution in [0.4, 0.5) is 0 Å². The van der Waals surface area contributed by atoms with Crippen LogP contribution in [0.1, 0.15) is 39.0 Å². The number of carbonyl (C=O) groups is 2. The molecule has 2 amide bonds. The number of hydrogen-bond acceptors (Lipinski definition) is 4. The maximum Gasteiger partial charge on any atom is 0.243 e. The normalized spacial score (nSPS) is 24.1. The predicted octanol–water partition coefficient (Wildman–Crippen LogP) is 1.62. The van der Waals surface area contributed by atoms with Gasteiger partial charge in [-0.2, -0.15) is 0 Å². The van der Waals surface area contributed by atoms with Gasteiger partial charge < -0.3 is 15.5 Å². The molecule has 2 heterocycles. The van der Waals surface area contributed by atoms with Crippen LogP contribution in [0.3, 0.4) is 0 Å². The Morgan fingerprint density at radius 2 is 2.23 bits per heavy atom. The van der Waals surface area contributed by atoms with E-state index in [0.717, 1.165) is 44.6 Å². The van der Waals surface area contributed by atoms with Crippen molar-refractivity contribution in [3.63, 3.8) is 0 Å². The Kier molecular flexibility index (Phi) is 9.21. The lowest BCUT2D eigenvalue weighted by atomic mass is 10.1. The van der Waals surface area contributed by atoms with Crippen LogP contribution in [-0.4, -0.2) is 54.0 Å². The van der Waals surface area contributed by atoms with Crippen molar-refractivity contribution in [2.75, 3.05) is 31.3 Å². The van der Waals surface area contributed by atoms with Gasteiger partial charge in [0.1, 0.15) is 6.04 Å². The number of hydrogen-bond donors (Lipinski definition) is 2. The van der Waals surface area contributed by atoms with Gasteiger partial charge in [-0.05, 0) is 38.3 Å². The molecule has 128 valence electrons. The first-order valence-electron chi connectivity index (χ1n) is 8.08. The molecule has 22 heavy (non-hydrogen) atoms. The number of halogens is 1. The molecule has 0 aliphatic carbocycles. The number of nitrogens with zero attached hydrogens (tertiary/aromatic N) is 1. The molecule has 0 aromatic rings. The van der Waals surface area contributed by atoms with E-state index in [4.69, 9.17) is 0 Å². The average molecular weight is 350 g/mol. The molecule has 0 radical (unpaired) electrons. The van der Waals surface area contributed by atoms with E-state index in [2.05, 4.69) is 17.6 Å². The van der Waals surface area contributed by atoms with Gasteiger partial charge in [0, 0.05) is 18.7 Å². The summed E-state index contributed by atoms with van der Waals surface area (Å²) < 4.78 is 0. The molecule has 2 unspecified atom stereocenters. The van der Waals surface area contributed by atoms with Crippen molar-refractivity contribution >= 4 is 36.0 Å². The molecular weight excluding hydrogens is 322 g/mol. The summed E-state index contributed by atoms with van der Waals surface area (Å²) in [5.74, 6) is 2.23. The molecule has 2 atom stereocenters. The Hall–Kier alpha value is -0.460. The molecule has 0 aromatic heterocycles. The number of amides is 2. The lowest BCUT2D eigenvalue weighted by Crippen LogP contribution is -2.47. The van der Waals surface area contributed by atoms with Crippen molar-refractivity contribution < 1.29 is 9.59 Å². The van der Waals surface area contributed by atoms with E-state index in [1.165, 1.54) is 6.42 Å². The van der Waals surface area contributed by atoms with Crippen LogP contribution in [-0.2, 0) is 9.59 Å². The van der Waals surface area contributed by atoms with Gasteiger partial charge in [-0.3, -0.25) is 9.59 Å². The first-order valence-corrected chi connectivity index (χ1v) is 9.23. The third-order valence-corrected chi connectivity index (χ3v) is 5.28. The van der Waals surface area contributed by atoms with Gasteiger partial charge in [-0.15, -0.1) is 24.2 Å². The highest BCUT2D eigenvalue weighted by atomic mass is 35.5. The van der Waals surface area contributed by atoms with Gasteiger partial charge in [0.2, 0.25) is 11.8 Å². The molecule has 2 N–H and O–H groups in total. The zero-order valence-corrected chi connectivity index (χ0v) is 14.9. The van der Waals surface area contributed by atoms with Crippen molar-refractivity contribution in [1.82, 2.24) is 15.5 Å². The van der Waals surface area contributed by atoms with Gasteiger partial charge in [0.15, 0.2) is 0 Å². The van der Waals surface area contributed by atoms with E-state index in [-0.39, 0.29) is 30.3 Å². The van der Waals surface area contributed by atoms with E-state index < -0.39 is 0 Å². The molecule has 7 heteroatoms. The van der Waals surface area contributed by atoms with Gasteiger partial charge in [-0.25, -0.2) is 0 Å². The molecule has 2 rings (SSSR count). The maximum absolute atomic E-state index is 12.3. The topological polar surface area (TPSA) is 61.4 Å². The standard InChI is InChI=1S/C15H27N3O2S.ClH/c1-2-3-4-14(19)18-11-21-10-13(18)15(20)17-8-6-12-5-7-16-9-12;/h12-13,16H,2-11H2,1H3,(H,17,20);1H. The Morgan fingerprint density at radius 3 is 2.91 bits per heavy atom. The fourth-order valence-corrected chi connectivity index (χ4v) is 4.04. The summed E-state index contributed by atoms with van der Waals surface area (Å²) in [6.45, 7) is 4.96. The van der Waals surface area contributed by atoms with E-state index in [0.29, 0.717) is 18.2 Å². The maximum atomic E-state index is 12.3. The lowest BCUT2D eigenvalue weighted by molar-refractivity contribution is -0.138. The second-order valence-electron chi connectivity index (χ2n) is 5.92. The molecular formula is C15H28ClN3O2S. The summed E-state index contributed by atoms with van der Waals surface area (Å²) in [6.07, 6.45) is 4.72. The predicted molar refractivity (Wildman–Crippen MR) is 93.3 cm³/mol. The molecule has 0 saturated carbocycles. The Morgan fingerprint density at radius 1 is 1.41 bits per heavy atom. The minimum absolute atomic E-state index is 0. The monoisotopic (exact) mass is 349 g/mol. The summed E-state index contributed by atoms with van der Waals surface area (Å²) >= 11 is 1.67. The summed E-state index contributed by atoms with van der Waals surface area (Å²) in [5, 5.41) is 6.36. The van der Waals surface area contributed by atoms with Crippen molar-refractivity contribution in [1.29, 1.82) is 0 Å². The summed E-state index contributed by atoms with van der Waals surface area (Å²) in [7, 11) is 0. The molecule has 2 aliphatic rings. The van der Waals surface area contributed by atoms with Crippen LogP contribution in [0.5, 0.6) is 0 Å². The molecule has 2 fully saturated rings. The number of thioether (sulfide) groups is 1. The first-order chi connectivity index (χ1) is 10.2. The molecule has 2 aliphatic heterocycles. The fraction of sp³-hybridized carbons (Fsp3) is 0.867. The minimum atomic E-state index is -0.263. The second kappa shape index (κ2) is 10.3. The quantitative estimate of drug-likeness (QED) is 0.733. The number of nitrogens with one attached hydrogen (secondary N) is 2. The highest BCUT2D eigenvalue weighted by molar-refractivity contribution is 7.99. The third-order valence-electron chi connectivity index (χ3n) is 4.26. The van der Waals surface area contributed by atoms with E-state index in [1.54, 1.807) is 16.7 Å². The van der Waals surface area contributed by atoms with Crippen LogP contribution >= 0.6 is 24.2 Å². The molecule has 0 bridgehead atoms. The van der Waals surface area contributed by atoms with Crippen LogP contribution in [0.15, 0.2) is 0 Å². The summed E-state index contributed by atoms with van der Waals surface area (Å²) in [4.78, 5) is 26.2. The first kappa shape index (κ1) is 19.6.